The van der Waals surface area contributed by atoms with E-state index in [0.717, 1.165) is 9.35 Å². The van der Waals surface area contributed by atoms with Gasteiger partial charge in [-0.3, -0.25) is 4.79 Å². The summed E-state index contributed by atoms with van der Waals surface area (Å²) in [5, 5.41) is 14.9. The molecule has 0 spiro atoms. The molecule has 20 heavy (non-hydrogen) atoms. The van der Waals surface area contributed by atoms with Crippen LogP contribution in [0.1, 0.15) is 27.7 Å². The lowest BCUT2D eigenvalue weighted by atomic mass is 10.1. The molecule has 0 saturated carbocycles. The van der Waals surface area contributed by atoms with Crippen molar-refractivity contribution in [1.29, 1.82) is 0 Å². The van der Waals surface area contributed by atoms with Crippen molar-refractivity contribution in [3.8, 4) is 0 Å². The minimum absolute atomic E-state index is 0.179. The van der Waals surface area contributed by atoms with E-state index in [4.69, 9.17) is 5.21 Å². The maximum Gasteiger partial charge on any atom is 0.265 e. The predicted octanol–water partition coefficient (Wildman–Crippen LogP) is 4.27. The van der Waals surface area contributed by atoms with Crippen molar-refractivity contribution >= 4 is 44.6 Å². The summed E-state index contributed by atoms with van der Waals surface area (Å²) < 4.78 is 0.948. The number of carbonyl (C=O) groups excluding carboxylic acids is 1. The minimum Gasteiger partial charge on any atom is -0.411 e. The highest BCUT2D eigenvalue weighted by Crippen LogP contribution is 2.28. The maximum absolute atomic E-state index is 12.2. The quantitative estimate of drug-likeness (QED) is 0.492. The number of anilines is 1. The van der Waals surface area contributed by atoms with Gasteiger partial charge in [-0.05, 0) is 47.5 Å². The molecule has 0 fully saturated rings. The average molecular weight is 353 g/mol. The summed E-state index contributed by atoms with van der Waals surface area (Å²) in [7, 11) is 0. The van der Waals surface area contributed by atoms with E-state index in [1.165, 1.54) is 11.3 Å². The number of rotatable bonds is 3. The molecule has 0 aliphatic heterocycles. The number of para-hydroxylation sites is 1. The fourth-order valence-electron chi connectivity index (χ4n) is 1.72. The van der Waals surface area contributed by atoms with Crippen LogP contribution < -0.4 is 5.32 Å². The fourth-order valence-corrected chi connectivity index (χ4v) is 3.15. The summed E-state index contributed by atoms with van der Waals surface area (Å²) in [6, 6.07) is 9.04. The Morgan fingerprint density at radius 1 is 1.40 bits per heavy atom. The topological polar surface area (TPSA) is 61.7 Å². The van der Waals surface area contributed by atoms with Gasteiger partial charge in [-0.2, -0.15) is 0 Å². The van der Waals surface area contributed by atoms with Gasteiger partial charge >= 0.3 is 0 Å². The molecule has 1 heterocycles. The van der Waals surface area contributed by atoms with Gasteiger partial charge in [0.2, 0.25) is 0 Å². The first-order valence-electron chi connectivity index (χ1n) is 5.88. The summed E-state index contributed by atoms with van der Waals surface area (Å²) in [6.07, 6.45) is 0. The van der Waals surface area contributed by atoms with E-state index in [9.17, 15) is 4.79 Å². The molecule has 1 amide bonds. The van der Waals surface area contributed by atoms with Crippen LogP contribution in [0.3, 0.4) is 0 Å². The van der Waals surface area contributed by atoms with Gasteiger partial charge in [0.05, 0.1) is 20.1 Å². The summed E-state index contributed by atoms with van der Waals surface area (Å²) in [5.74, 6) is -0.179. The van der Waals surface area contributed by atoms with E-state index in [2.05, 4.69) is 26.4 Å². The average Bonchev–Trinajstić information content (AvgIpc) is 2.78. The second-order valence-corrected chi connectivity index (χ2v) is 6.62. The Kier molecular flexibility index (Phi) is 4.57. The summed E-state index contributed by atoms with van der Waals surface area (Å²) in [4.78, 5) is 12.8. The summed E-state index contributed by atoms with van der Waals surface area (Å²) in [6.45, 7) is 3.62. The molecule has 0 bridgehead atoms. The van der Waals surface area contributed by atoms with E-state index in [-0.39, 0.29) is 5.91 Å². The normalized spacial score (nSPS) is 11.4. The van der Waals surface area contributed by atoms with Crippen LogP contribution in [0, 0.1) is 6.92 Å². The predicted molar refractivity (Wildman–Crippen MR) is 85.1 cm³/mol. The Morgan fingerprint density at radius 3 is 2.70 bits per heavy atom. The van der Waals surface area contributed by atoms with E-state index >= 15 is 0 Å². The van der Waals surface area contributed by atoms with E-state index in [1.807, 2.05) is 25.1 Å². The van der Waals surface area contributed by atoms with Crippen LogP contribution in [0.25, 0.3) is 0 Å². The largest absolute Gasteiger partial charge is 0.411 e. The van der Waals surface area contributed by atoms with Gasteiger partial charge in [0.25, 0.3) is 5.91 Å². The Hall–Kier alpha value is -1.66. The molecule has 6 heteroatoms. The van der Waals surface area contributed by atoms with E-state index in [1.54, 1.807) is 19.1 Å². The van der Waals surface area contributed by atoms with Crippen LogP contribution in [0.4, 0.5) is 5.69 Å². The number of thiophene rings is 1. The van der Waals surface area contributed by atoms with Gasteiger partial charge in [-0.15, -0.1) is 11.3 Å². The number of nitrogens with zero attached hydrogens (tertiary/aromatic N) is 1. The Bertz CT molecular complexity index is 660. The fraction of sp³-hybridized carbons (Fsp3) is 0.143. The SMILES string of the molecule is C/C(=N/O)c1ccccc1NC(=O)c1cc(C)c(Br)s1. The lowest BCUT2D eigenvalue weighted by Crippen LogP contribution is -2.13. The highest BCUT2D eigenvalue weighted by Gasteiger charge is 2.14. The molecule has 0 saturated heterocycles. The lowest BCUT2D eigenvalue weighted by molar-refractivity contribution is 0.103. The van der Waals surface area contributed by atoms with Crippen LogP contribution in [0.15, 0.2) is 39.3 Å². The van der Waals surface area contributed by atoms with Crippen LogP contribution in [0.2, 0.25) is 0 Å². The zero-order chi connectivity index (χ0) is 14.7. The number of amides is 1. The van der Waals surface area contributed by atoms with Crippen molar-refractivity contribution in [3.05, 3.63) is 50.1 Å². The highest BCUT2D eigenvalue weighted by molar-refractivity contribution is 9.11. The standard InChI is InChI=1S/C14H13BrN2O2S/c1-8-7-12(20-13(8)15)14(18)16-11-6-4-3-5-10(11)9(2)17-19/h3-7,19H,1-2H3,(H,16,18)/b17-9-. The first-order valence-corrected chi connectivity index (χ1v) is 7.49. The first-order chi connectivity index (χ1) is 9.52. The zero-order valence-electron chi connectivity index (χ0n) is 11.0. The molecule has 0 unspecified atom stereocenters. The third-order valence-electron chi connectivity index (χ3n) is 2.80. The molecule has 104 valence electrons. The first kappa shape index (κ1) is 14.7. The van der Waals surface area contributed by atoms with E-state index in [0.29, 0.717) is 21.8 Å². The van der Waals surface area contributed by atoms with Crippen molar-refractivity contribution < 1.29 is 10.0 Å². The van der Waals surface area contributed by atoms with Crippen LogP contribution in [-0.2, 0) is 0 Å². The van der Waals surface area contributed by atoms with Crippen molar-refractivity contribution in [2.24, 2.45) is 5.16 Å². The van der Waals surface area contributed by atoms with Crippen LogP contribution >= 0.6 is 27.3 Å². The minimum atomic E-state index is -0.179. The number of nitrogens with one attached hydrogen (secondary N) is 1. The van der Waals surface area contributed by atoms with Gasteiger partial charge < -0.3 is 10.5 Å². The second-order valence-electron chi connectivity index (χ2n) is 4.25. The molecule has 1 aromatic heterocycles. The summed E-state index contributed by atoms with van der Waals surface area (Å²) in [5.41, 5.74) is 2.79. The van der Waals surface area contributed by atoms with Crippen molar-refractivity contribution in [1.82, 2.24) is 0 Å². The molecule has 0 radical (unpaired) electrons. The van der Waals surface area contributed by atoms with Gasteiger partial charge in [0.15, 0.2) is 0 Å². The highest BCUT2D eigenvalue weighted by atomic mass is 79.9. The number of carbonyl (C=O) groups is 1. The van der Waals surface area contributed by atoms with Crippen molar-refractivity contribution in [3.63, 3.8) is 0 Å². The maximum atomic E-state index is 12.2. The molecule has 1 aromatic carbocycles. The molecular weight excluding hydrogens is 340 g/mol. The number of hydrogen-bond donors (Lipinski definition) is 2. The lowest BCUT2D eigenvalue weighted by Gasteiger charge is -2.09. The number of benzene rings is 1. The van der Waals surface area contributed by atoms with Gasteiger partial charge in [0, 0.05) is 5.56 Å². The Morgan fingerprint density at radius 2 is 2.10 bits per heavy atom. The molecule has 0 atom stereocenters. The zero-order valence-corrected chi connectivity index (χ0v) is 13.4. The molecule has 0 aliphatic carbocycles. The Labute approximate surface area is 129 Å². The molecule has 2 N–H and O–H groups in total. The van der Waals surface area contributed by atoms with Crippen LogP contribution in [0.5, 0.6) is 0 Å². The van der Waals surface area contributed by atoms with Crippen molar-refractivity contribution in [2.45, 2.75) is 13.8 Å². The molecule has 2 aromatic rings. The van der Waals surface area contributed by atoms with Crippen LogP contribution in [-0.4, -0.2) is 16.8 Å². The molecular formula is C14H13BrN2O2S. The van der Waals surface area contributed by atoms with Gasteiger partial charge in [0.1, 0.15) is 0 Å². The van der Waals surface area contributed by atoms with Crippen molar-refractivity contribution in [2.75, 3.05) is 5.32 Å². The van der Waals surface area contributed by atoms with E-state index < -0.39 is 0 Å². The number of aryl methyl sites for hydroxylation is 1. The number of hydrogen-bond acceptors (Lipinski definition) is 4. The summed E-state index contributed by atoms with van der Waals surface area (Å²) >= 11 is 4.79. The van der Waals surface area contributed by atoms with Gasteiger partial charge in [-0.25, -0.2) is 0 Å². The molecule has 0 aliphatic rings. The smallest absolute Gasteiger partial charge is 0.265 e. The van der Waals surface area contributed by atoms with Gasteiger partial charge in [-0.1, -0.05) is 23.4 Å². The third-order valence-corrected chi connectivity index (χ3v) is 4.93. The monoisotopic (exact) mass is 352 g/mol. The second kappa shape index (κ2) is 6.19. The number of halogens is 1. The Balaban J connectivity index is 2.28. The third kappa shape index (κ3) is 3.08. The molecule has 2 rings (SSSR count). The number of oxime groups is 1. The molecule has 4 nitrogen and oxygen atoms in total.